The summed E-state index contributed by atoms with van der Waals surface area (Å²) in [5, 5.41) is 13.9. The molecule has 2 N–H and O–H groups in total. The smallest absolute Gasteiger partial charge is 0.261 e. The zero-order chi connectivity index (χ0) is 59.0. The number of fused-ring (bicyclic) bond motifs is 2. The molecular weight excluding hydrogens is 1040 g/mol. The highest BCUT2D eigenvalue weighted by Gasteiger charge is 2.39. The van der Waals surface area contributed by atoms with E-state index in [0.717, 1.165) is 141 Å². The first kappa shape index (κ1) is 64.1. The number of benzene rings is 5. The second-order valence-electron chi connectivity index (χ2n) is 24.8. The molecule has 84 heavy (non-hydrogen) atoms. The van der Waals surface area contributed by atoms with Gasteiger partial charge in [0.25, 0.3) is 23.6 Å². The van der Waals surface area contributed by atoms with Crippen LogP contribution >= 0.6 is 0 Å². The Morgan fingerprint density at radius 3 is 1.10 bits per heavy atom. The van der Waals surface area contributed by atoms with Crippen LogP contribution in [0.3, 0.4) is 0 Å². The summed E-state index contributed by atoms with van der Waals surface area (Å²) in [5.74, 6) is 0.921. The summed E-state index contributed by atoms with van der Waals surface area (Å²) in [6.07, 6.45) is 39.4. The SMILES string of the molecule is CCCCCCCCCCCCNc1nc(NCCCCN2C(=O)c3ccc4c5ccc6c7c(ccc(c8ccc(c3c48)C2=O)c75)C(=O)N(C(CCCCCC)CCCCCC)C6=O)nc(N(CCCCCCCC)CCCCCCCC)n1. The van der Waals surface area contributed by atoms with Crippen LogP contribution in [0.2, 0.25) is 0 Å². The normalized spacial score (nSPS) is 13.4. The number of nitrogens with zero attached hydrogens (tertiary/aromatic N) is 6. The maximum atomic E-state index is 14.7. The van der Waals surface area contributed by atoms with Gasteiger partial charge in [0.2, 0.25) is 17.8 Å². The lowest BCUT2D eigenvalue weighted by atomic mass is 9.82. The van der Waals surface area contributed by atoms with Gasteiger partial charge in [0.15, 0.2) is 0 Å². The average molecular weight is 1150 g/mol. The molecule has 8 rings (SSSR count). The fraction of sp³-hybridized carbons (Fsp3) is 0.625. The Kier molecular flexibility index (Phi) is 25.7. The molecule has 3 heterocycles. The summed E-state index contributed by atoms with van der Waals surface area (Å²) in [7, 11) is 0. The molecule has 0 unspecified atom stereocenters. The van der Waals surface area contributed by atoms with E-state index < -0.39 is 0 Å². The molecule has 12 heteroatoms. The summed E-state index contributed by atoms with van der Waals surface area (Å²) < 4.78 is 0. The number of imide groups is 2. The first-order valence-corrected chi connectivity index (χ1v) is 34.2. The molecule has 2 aliphatic rings. The van der Waals surface area contributed by atoms with Crippen LogP contribution in [0, 0.1) is 0 Å². The van der Waals surface area contributed by atoms with Crippen LogP contribution in [0.5, 0.6) is 0 Å². The fourth-order valence-corrected chi connectivity index (χ4v) is 13.4. The van der Waals surface area contributed by atoms with Gasteiger partial charge in [0.1, 0.15) is 0 Å². The van der Waals surface area contributed by atoms with Gasteiger partial charge in [-0.25, -0.2) is 0 Å². The molecular formula is C72H104N8O4. The van der Waals surface area contributed by atoms with Crippen molar-refractivity contribution in [2.75, 3.05) is 48.3 Å². The van der Waals surface area contributed by atoms with E-state index in [1.165, 1.54) is 127 Å². The molecule has 0 saturated heterocycles. The third-order valence-corrected chi connectivity index (χ3v) is 18.3. The van der Waals surface area contributed by atoms with Crippen molar-refractivity contribution < 1.29 is 19.2 Å². The van der Waals surface area contributed by atoms with E-state index in [1.807, 2.05) is 48.5 Å². The number of anilines is 3. The number of rotatable bonds is 44. The van der Waals surface area contributed by atoms with E-state index >= 15 is 0 Å². The quantitative estimate of drug-likeness (QED) is 0.0164. The van der Waals surface area contributed by atoms with Crippen molar-refractivity contribution in [1.29, 1.82) is 0 Å². The summed E-state index contributed by atoms with van der Waals surface area (Å²) in [6.45, 7) is 14.8. The Balaban J connectivity index is 0.953. The van der Waals surface area contributed by atoms with Crippen LogP contribution in [-0.2, 0) is 0 Å². The molecule has 0 fully saturated rings. The number of unbranched alkanes of at least 4 members (excludes halogenated alkanes) is 26. The molecule has 456 valence electrons. The Labute approximate surface area is 504 Å². The Morgan fingerprint density at radius 1 is 0.369 bits per heavy atom. The van der Waals surface area contributed by atoms with E-state index in [9.17, 15) is 19.2 Å². The zero-order valence-corrected chi connectivity index (χ0v) is 52.6. The molecule has 5 aromatic carbocycles. The minimum atomic E-state index is -0.286. The van der Waals surface area contributed by atoms with Crippen molar-refractivity contribution in [2.45, 2.75) is 259 Å². The van der Waals surface area contributed by atoms with Crippen molar-refractivity contribution in [3.63, 3.8) is 0 Å². The average Bonchev–Trinajstić information content (AvgIpc) is 0.775. The number of aromatic nitrogens is 3. The molecule has 0 bridgehead atoms. The van der Waals surface area contributed by atoms with E-state index in [0.29, 0.717) is 64.3 Å². The van der Waals surface area contributed by atoms with Crippen molar-refractivity contribution in [2.24, 2.45) is 0 Å². The van der Waals surface area contributed by atoms with E-state index in [1.54, 1.807) is 4.90 Å². The predicted molar refractivity (Wildman–Crippen MR) is 352 cm³/mol. The molecule has 0 atom stereocenters. The van der Waals surface area contributed by atoms with Crippen LogP contribution in [-0.4, -0.2) is 87.1 Å². The van der Waals surface area contributed by atoms with Gasteiger partial charge in [-0.2, -0.15) is 15.0 Å². The highest BCUT2D eigenvalue weighted by Crippen LogP contribution is 2.47. The van der Waals surface area contributed by atoms with Crippen LogP contribution < -0.4 is 15.5 Å². The molecule has 12 nitrogen and oxygen atoms in total. The van der Waals surface area contributed by atoms with Crippen LogP contribution in [0.15, 0.2) is 48.5 Å². The molecule has 0 saturated carbocycles. The van der Waals surface area contributed by atoms with Gasteiger partial charge < -0.3 is 15.5 Å². The summed E-state index contributed by atoms with van der Waals surface area (Å²) in [6, 6.07) is 15.5. The topological polar surface area (TPSA) is 141 Å². The number of nitrogens with one attached hydrogen (secondary N) is 2. The maximum Gasteiger partial charge on any atom is 0.261 e. The van der Waals surface area contributed by atoms with Gasteiger partial charge in [-0.1, -0.05) is 232 Å². The Morgan fingerprint density at radius 2 is 0.702 bits per heavy atom. The highest BCUT2D eigenvalue weighted by molar-refractivity contribution is 6.41. The Bertz CT molecular complexity index is 2920. The minimum Gasteiger partial charge on any atom is -0.354 e. The summed E-state index contributed by atoms with van der Waals surface area (Å²) in [5.41, 5.74) is 2.18. The standard InChI is InChI=1S/C72H104N8O4/c1-6-11-16-21-24-25-26-27-28-33-48-73-70-75-71(77-72(76-70)78(50-35-29-22-17-12-7-2)51-36-30-23-18-13-8-3)74-49-34-37-52-79-66(81)58-44-40-54-56-42-46-60-65-61(47-43-57(63(56)65)55-41-45-59(67(79)82)64(58)62(54)55)69(84)80(68(60)83)53(38-31-19-14-9-4)39-32-20-15-10-5/h40-47,53H,6-39,48-52H2,1-5H3,(H2,73,74,75,76,77). The van der Waals surface area contributed by atoms with E-state index in [2.05, 4.69) is 50.2 Å². The van der Waals surface area contributed by atoms with Crippen LogP contribution in [0.4, 0.5) is 17.8 Å². The molecule has 0 radical (unpaired) electrons. The first-order valence-electron chi connectivity index (χ1n) is 34.2. The summed E-state index contributed by atoms with van der Waals surface area (Å²) in [4.78, 5) is 78.9. The largest absolute Gasteiger partial charge is 0.354 e. The molecule has 1 aromatic heterocycles. The van der Waals surface area contributed by atoms with Gasteiger partial charge in [-0.05, 0) is 102 Å². The van der Waals surface area contributed by atoms with E-state index in [4.69, 9.17) is 15.0 Å². The number of carbonyl (C=O) groups excluding carboxylic acids is 4. The third-order valence-electron chi connectivity index (χ3n) is 18.3. The molecule has 0 spiro atoms. The molecule has 4 amide bonds. The first-order chi connectivity index (χ1) is 41.3. The van der Waals surface area contributed by atoms with Crippen LogP contribution in [0.25, 0.3) is 43.1 Å². The van der Waals surface area contributed by atoms with Crippen molar-refractivity contribution in [3.8, 4) is 0 Å². The highest BCUT2D eigenvalue weighted by atomic mass is 16.2. The van der Waals surface area contributed by atoms with Crippen molar-refractivity contribution in [1.82, 2.24) is 24.8 Å². The van der Waals surface area contributed by atoms with Gasteiger partial charge in [-0.15, -0.1) is 0 Å². The predicted octanol–water partition coefficient (Wildman–Crippen LogP) is 19.2. The van der Waals surface area contributed by atoms with Gasteiger partial charge >= 0.3 is 0 Å². The second-order valence-corrected chi connectivity index (χ2v) is 24.8. The lowest BCUT2D eigenvalue weighted by Crippen LogP contribution is -2.47. The monoisotopic (exact) mass is 1140 g/mol. The summed E-state index contributed by atoms with van der Waals surface area (Å²) >= 11 is 0. The van der Waals surface area contributed by atoms with Gasteiger partial charge in [0, 0.05) is 71.8 Å². The lowest BCUT2D eigenvalue weighted by Gasteiger charge is -2.35. The molecule has 0 aliphatic carbocycles. The van der Waals surface area contributed by atoms with E-state index in [-0.39, 0.29) is 36.2 Å². The molecule has 2 aliphatic heterocycles. The minimum absolute atomic E-state index is 0.136. The van der Waals surface area contributed by atoms with Gasteiger partial charge in [-0.3, -0.25) is 29.0 Å². The maximum absolute atomic E-state index is 14.7. The molecule has 6 aromatic rings. The zero-order valence-electron chi connectivity index (χ0n) is 52.6. The number of amides is 4. The number of hydrogen-bond acceptors (Lipinski definition) is 10. The van der Waals surface area contributed by atoms with Crippen LogP contribution in [0.1, 0.15) is 294 Å². The lowest BCUT2D eigenvalue weighted by molar-refractivity contribution is 0.0514. The number of carbonyl (C=O) groups is 4. The third kappa shape index (κ3) is 16.1. The fourth-order valence-electron chi connectivity index (χ4n) is 13.4. The second kappa shape index (κ2) is 33.7. The van der Waals surface area contributed by atoms with Crippen molar-refractivity contribution >= 4 is 84.6 Å². The van der Waals surface area contributed by atoms with Crippen molar-refractivity contribution in [3.05, 3.63) is 70.8 Å². The number of hydrogen-bond donors (Lipinski definition) is 2. The van der Waals surface area contributed by atoms with Gasteiger partial charge in [0.05, 0.1) is 0 Å². The Hall–Kier alpha value is -5.91.